The molecule has 3 rings (SSSR count). The lowest BCUT2D eigenvalue weighted by molar-refractivity contribution is 0.483. The van der Waals surface area contributed by atoms with E-state index in [2.05, 4.69) is 26.0 Å². The van der Waals surface area contributed by atoms with E-state index in [9.17, 15) is 8.42 Å². The van der Waals surface area contributed by atoms with Gasteiger partial charge < -0.3 is 0 Å². The zero-order chi connectivity index (χ0) is 19.1. The molecule has 0 fully saturated rings. The summed E-state index contributed by atoms with van der Waals surface area (Å²) in [6, 6.07) is 21.9. The summed E-state index contributed by atoms with van der Waals surface area (Å²) in [6.07, 6.45) is 0. The van der Waals surface area contributed by atoms with Gasteiger partial charge in [-0.05, 0) is 60.7 Å². The monoisotopic (exact) mass is 381 g/mol. The lowest BCUT2D eigenvalue weighted by Crippen LogP contribution is -1.97. The molecule has 8 nitrogen and oxygen atoms in total. The quantitative estimate of drug-likeness (QED) is 0.335. The van der Waals surface area contributed by atoms with Gasteiger partial charge in [-0.1, -0.05) is 23.4 Å². The number of anilines is 1. The third-order valence-electron chi connectivity index (χ3n) is 3.38. The molecule has 0 saturated carbocycles. The van der Waals surface area contributed by atoms with Gasteiger partial charge in [-0.15, -0.1) is 5.11 Å². The Morgan fingerprint density at radius 1 is 0.667 bits per heavy atom. The fraction of sp³-hybridized carbons (Fsp3) is 0. The fourth-order valence-corrected chi connectivity index (χ4v) is 2.52. The van der Waals surface area contributed by atoms with Gasteiger partial charge in [0, 0.05) is 0 Å². The third kappa shape index (κ3) is 5.53. The highest BCUT2D eigenvalue weighted by Crippen LogP contribution is 2.22. The van der Waals surface area contributed by atoms with E-state index in [1.54, 1.807) is 24.3 Å². The Bertz CT molecular complexity index is 1050. The summed E-state index contributed by atoms with van der Waals surface area (Å²) in [7, 11) is -4.21. The van der Waals surface area contributed by atoms with E-state index < -0.39 is 10.1 Å². The van der Waals surface area contributed by atoms with Gasteiger partial charge in [-0.25, -0.2) is 0 Å². The van der Waals surface area contributed by atoms with Gasteiger partial charge in [-0.3, -0.25) is 9.98 Å². The number of rotatable bonds is 6. The Morgan fingerprint density at radius 3 is 1.74 bits per heavy atom. The van der Waals surface area contributed by atoms with Crippen molar-refractivity contribution >= 4 is 32.9 Å². The lowest BCUT2D eigenvalue weighted by atomic mass is 10.3. The third-order valence-corrected chi connectivity index (χ3v) is 4.25. The van der Waals surface area contributed by atoms with Crippen molar-refractivity contribution in [1.82, 2.24) is 0 Å². The van der Waals surface area contributed by atoms with Crippen LogP contribution in [0.2, 0.25) is 0 Å². The summed E-state index contributed by atoms with van der Waals surface area (Å²) < 4.78 is 30.9. The van der Waals surface area contributed by atoms with Crippen LogP contribution in [0.3, 0.4) is 0 Å². The van der Waals surface area contributed by atoms with Crippen LogP contribution in [0.25, 0.3) is 0 Å². The first-order valence-corrected chi connectivity index (χ1v) is 9.26. The molecule has 2 N–H and O–H groups in total. The Hall–Kier alpha value is -3.43. The Labute approximate surface area is 156 Å². The van der Waals surface area contributed by atoms with E-state index in [0.29, 0.717) is 17.1 Å². The van der Waals surface area contributed by atoms with Gasteiger partial charge in [0.25, 0.3) is 10.1 Å². The van der Waals surface area contributed by atoms with Crippen LogP contribution in [0.15, 0.2) is 104 Å². The summed E-state index contributed by atoms with van der Waals surface area (Å²) in [4.78, 5) is -0.190. The Kier molecular flexibility index (Phi) is 5.64. The minimum atomic E-state index is -4.21. The molecule has 0 atom stereocenters. The second kappa shape index (κ2) is 8.30. The zero-order valence-electron chi connectivity index (χ0n) is 14.0. The molecule has 27 heavy (non-hydrogen) atoms. The first kappa shape index (κ1) is 18.4. The van der Waals surface area contributed by atoms with Crippen LogP contribution in [0.1, 0.15) is 0 Å². The molecule has 0 radical (unpaired) electrons. The van der Waals surface area contributed by atoms with Crippen LogP contribution in [0, 0.1) is 0 Å². The molecule has 0 heterocycles. The Morgan fingerprint density at radius 2 is 1.19 bits per heavy atom. The summed E-state index contributed by atoms with van der Waals surface area (Å²) >= 11 is 0. The molecule has 3 aromatic rings. The number of hydrogen-bond acceptors (Lipinski definition) is 6. The van der Waals surface area contributed by atoms with E-state index in [4.69, 9.17) is 4.55 Å². The predicted octanol–water partition coefficient (Wildman–Crippen LogP) is 5.46. The number of hydrogen-bond donors (Lipinski definition) is 2. The van der Waals surface area contributed by atoms with Gasteiger partial charge >= 0.3 is 0 Å². The molecule has 0 spiro atoms. The van der Waals surface area contributed by atoms with Crippen LogP contribution in [0.4, 0.5) is 22.7 Å². The maximum absolute atomic E-state index is 11.0. The molecule has 0 aliphatic heterocycles. The van der Waals surface area contributed by atoms with Crippen molar-refractivity contribution in [3.8, 4) is 0 Å². The lowest BCUT2D eigenvalue weighted by Gasteiger charge is -2.00. The summed E-state index contributed by atoms with van der Waals surface area (Å²) in [5.41, 5.74) is 5.26. The van der Waals surface area contributed by atoms with Gasteiger partial charge in [-0.2, -0.15) is 18.6 Å². The number of azo groups is 1. The predicted molar refractivity (Wildman–Crippen MR) is 101 cm³/mol. The van der Waals surface area contributed by atoms with Gasteiger partial charge in [0.05, 0.1) is 27.6 Å². The van der Waals surface area contributed by atoms with Gasteiger partial charge in [0.2, 0.25) is 0 Å². The highest BCUT2D eigenvalue weighted by Gasteiger charge is 2.07. The van der Waals surface area contributed by atoms with Crippen LogP contribution in [-0.2, 0) is 10.1 Å². The average Bonchev–Trinajstić information content (AvgIpc) is 2.68. The number of nitrogens with one attached hydrogen (secondary N) is 1. The van der Waals surface area contributed by atoms with E-state index in [-0.39, 0.29) is 4.90 Å². The second-order valence-electron chi connectivity index (χ2n) is 5.36. The van der Waals surface area contributed by atoms with Crippen molar-refractivity contribution < 1.29 is 13.0 Å². The summed E-state index contributed by atoms with van der Waals surface area (Å²) in [5, 5.41) is 16.1. The molecule has 0 bridgehead atoms. The molecule has 0 aliphatic carbocycles. The van der Waals surface area contributed by atoms with Crippen molar-refractivity contribution in [2.75, 3.05) is 5.43 Å². The molecule has 0 unspecified atom stereocenters. The molecular formula is C18H15N5O3S. The highest BCUT2D eigenvalue weighted by molar-refractivity contribution is 7.85. The van der Waals surface area contributed by atoms with E-state index >= 15 is 0 Å². The van der Waals surface area contributed by atoms with E-state index in [0.717, 1.165) is 5.69 Å². The van der Waals surface area contributed by atoms with Crippen molar-refractivity contribution in [3.63, 3.8) is 0 Å². The molecule has 136 valence electrons. The van der Waals surface area contributed by atoms with Crippen LogP contribution in [-0.4, -0.2) is 13.0 Å². The fourth-order valence-electron chi connectivity index (χ4n) is 2.04. The first-order chi connectivity index (χ1) is 13.0. The zero-order valence-corrected chi connectivity index (χ0v) is 14.8. The summed E-state index contributed by atoms with van der Waals surface area (Å²) in [5.74, 6) is 0. The molecule has 0 saturated heterocycles. The Balaban J connectivity index is 1.58. The molecule has 0 aliphatic rings. The molecule has 9 heteroatoms. The van der Waals surface area contributed by atoms with Crippen molar-refractivity contribution in [2.24, 2.45) is 20.6 Å². The van der Waals surface area contributed by atoms with E-state index in [1.807, 2.05) is 30.3 Å². The van der Waals surface area contributed by atoms with Crippen molar-refractivity contribution in [2.45, 2.75) is 4.90 Å². The van der Waals surface area contributed by atoms with Gasteiger partial charge in [0.1, 0.15) is 0 Å². The first-order valence-electron chi connectivity index (χ1n) is 7.82. The minimum absolute atomic E-state index is 0.190. The topological polar surface area (TPSA) is 116 Å². The van der Waals surface area contributed by atoms with Crippen LogP contribution < -0.4 is 5.43 Å². The average molecular weight is 381 g/mol. The largest absolute Gasteiger partial charge is 0.294 e. The molecule has 0 amide bonds. The summed E-state index contributed by atoms with van der Waals surface area (Å²) in [6.45, 7) is 0. The highest BCUT2D eigenvalue weighted by atomic mass is 32.2. The minimum Gasteiger partial charge on any atom is -0.282 e. The normalized spacial score (nSPS) is 11.9. The van der Waals surface area contributed by atoms with Crippen LogP contribution >= 0.6 is 0 Å². The number of benzene rings is 3. The van der Waals surface area contributed by atoms with Gasteiger partial charge in [0.15, 0.2) is 0 Å². The second-order valence-corrected chi connectivity index (χ2v) is 6.78. The maximum atomic E-state index is 11.0. The van der Waals surface area contributed by atoms with Crippen molar-refractivity contribution in [1.29, 1.82) is 0 Å². The SMILES string of the molecule is O=S(=O)(O)c1ccc(NN=Nc2ccc(N=Nc3ccccc3)cc2)cc1. The molecule has 3 aromatic carbocycles. The molecule has 0 aromatic heterocycles. The molecular weight excluding hydrogens is 366 g/mol. The standard InChI is InChI=1S/C18H15N5O3S/c24-27(25,26)18-12-10-17(11-13-18)22-23-21-16-8-6-15(7-9-16)20-19-14-4-2-1-3-5-14/h1-13H,(H,21,22)(H,24,25,26). The van der Waals surface area contributed by atoms with Crippen molar-refractivity contribution in [3.05, 3.63) is 78.9 Å². The maximum Gasteiger partial charge on any atom is 0.294 e. The number of nitrogens with zero attached hydrogens (tertiary/aromatic N) is 4. The van der Waals surface area contributed by atoms with Crippen LogP contribution in [0.5, 0.6) is 0 Å². The smallest absolute Gasteiger partial charge is 0.282 e. The van der Waals surface area contributed by atoms with E-state index in [1.165, 1.54) is 24.3 Å².